The normalized spacial score (nSPS) is 15.3. The van der Waals surface area contributed by atoms with Crippen LogP contribution in [0.3, 0.4) is 0 Å². The van der Waals surface area contributed by atoms with Crippen molar-refractivity contribution < 1.29 is 9.64 Å². The summed E-state index contributed by atoms with van der Waals surface area (Å²) in [5, 5.41) is 14.4. The van der Waals surface area contributed by atoms with Crippen molar-refractivity contribution in [1.29, 1.82) is 0 Å². The molecule has 0 bridgehead atoms. The first-order valence-corrected chi connectivity index (χ1v) is 9.70. The number of hydrogen-bond acceptors (Lipinski definition) is 6. The Morgan fingerprint density at radius 3 is 2.65 bits per heavy atom. The lowest BCUT2D eigenvalue weighted by atomic mass is 10.2. The summed E-state index contributed by atoms with van der Waals surface area (Å²) >= 11 is 1.74. The maximum Gasteiger partial charge on any atom is 0.206 e. The van der Waals surface area contributed by atoms with E-state index in [1.165, 1.54) is 15.5 Å². The van der Waals surface area contributed by atoms with Crippen LogP contribution >= 0.6 is 11.3 Å². The van der Waals surface area contributed by atoms with Gasteiger partial charge in [0.25, 0.3) is 0 Å². The number of anilines is 1. The van der Waals surface area contributed by atoms with E-state index in [2.05, 4.69) is 50.1 Å². The van der Waals surface area contributed by atoms with Crippen LogP contribution in [0, 0.1) is 0 Å². The van der Waals surface area contributed by atoms with Gasteiger partial charge in [0.2, 0.25) is 5.82 Å². The molecule has 0 aliphatic carbocycles. The Balaban J connectivity index is 1.33. The van der Waals surface area contributed by atoms with Crippen LogP contribution in [0.25, 0.3) is 0 Å². The molecule has 0 spiro atoms. The lowest BCUT2D eigenvalue weighted by molar-refractivity contribution is -0.915. The highest BCUT2D eigenvalue weighted by atomic mass is 32.1. The van der Waals surface area contributed by atoms with E-state index >= 15 is 0 Å². The van der Waals surface area contributed by atoms with Crippen molar-refractivity contribution in [1.82, 2.24) is 20.2 Å². The Bertz CT molecular complexity index is 809. The molecule has 3 heterocycles. The first-order valence-electron chi connectivity index (χ1n) is 8.82. The molecule has 0 radical (unpaired) electrons. The molecule has 1 aromatic carbocycles. The maximum atomic E-state index is 5.24. The van der Waals surface area contributed by atoms with Crippen LogP contribution in [-0.2, 0) is 13.1 Å². The van der Waals surface area contributed by atoms with E-state index in [0.717, 1.165) is 50.8 Å². The van der Waals surface area contributed by atoms with E-state index < -0.39 is 0 Å². The van der Waals surface area contributed by atoms with Gasteiger partial charge in [-0.3, -0.25) is 0 Å². The lowest BCUT2D eigenvalue weighted by Crippen LogP contribution is -3.13. The predicted octanol–water partition coefficient (Wildman–Crippen LogP) is 0.697. The van der Waals surface area contributed by atoms with Crippen molar-refractivity contribution >= 4 is 17.0 Å². The van der Waals surface area contributed by atoms with Crippen LogP contribution in [0.15, 0.2) is 41.8 Å². The molecule has 2 aromatic heterocycles. The monoisotopic (exact) mass is 371 g/mol. The molecule has 136 valence electrons. The van der Waals surface area contributed by atoms with E-state index in [1.54, 1.807) is 18.4 Å². The van der Waals surface area contributed by atoms with Crippen LogP contribution in [0.4, 0.5) is 5.69 Å². The third-order valence-corrected chi connectivity index (χ3v) is 5.67. The van der Waals surface area contributed by atoms with Crippen LogP contribution in [0.1, 0.15) is 10.7 Å². The fraction of sp³-hybridized carbons (Fsp3) is 0.389. The Morgan fingerprint density at radius 2 is 1.96 bits per heavy atom. The van der Waals surface area contributed by atoms with E-state index in [9.17, 15) is 0 Å². The molecule has 8 heteroatoms. The van der Waals surface area contributed by atoms with Crippen molar-refractivity contribution in [2.24, 2.45) is 0 Å². The van der Waals surface area contributed by atoms with E-state index in [1.807, 2.05) is 16.8 Å². The molecule has 0 amide bonds. The Kier molecular flexibility index (Phi) is 5.12. The number of thiophene rings is 1. The lowest BCUT2D eigenvalue weighted by Gasteiger charge is -2.33. The molecular formula is C18H23N6OS+. The van der Waals surface area contributed by atoms with Gasteiger partial charge in [0.05, 0.1) is 39.8 Å². The Morgan fingerprint density at radius 1 is 1.15 bits per heavy atom. The van der Waals surface area contributed by atoms with Gasteiger partial charge in [0, 0.05) is 10.6 Å². The molecule has 0 unspecified atom stereocenters. The Labute approximate surface area is 156 Å². The second-order valence-electron chi connectivity index (χ2n) is 6.44. The molecule has 1 aliphatic heterocycles. The Hall–Kier alpha value is -2.45. The zero-order chi connectivity index (χ0) is 17.8. The van der Waals surface area contributed by atoms with Crippen molar-refractivity contribution in [3.05, 3.63) is 52.5 Å². The molecule has 3 aromatic rings. The highest BCUT2D eigenvalue weighted by Crippen LogP contribution is 2.19. The van der Waals surface area contributed by atoms with Gasteiger partial charge in [0.15, 0.2) is 0 Å². The zero-order valence-electron chi connectivity index (χ0n) is 14.8. The predicted molar refractivity (Wildman–Crippen MR) is 101 cm³/mol. The summed E-state index contributed by atoms with van der Waals surface area (Å²) in [6.07, 6.45) is 0. The fourth-order valence-corrected chi connectivity index (χ4v) is 3.98. The number of quaternary nitrogens is 1. The number of rotatable bonds is 6. The smallest absolute Gasteiger partial charge is 0.206 e. The second-order valence-corrected chi connectivity index (χ2v) is 7.48. The SMILES string of the molecule is COc1ccc(N2CC[NH+](Cc3nnnn3Cc3cccs3)CC2)cc1. The van der Waals surface area contributed by atoms with E-state index in [4.69, 9.17) is 4.74 Å². The van der Waals surface area contributed by atoms with E-state index in [0.29, 0.717) is 0 Å². The molecule has 7 nitrogen and oxygen atoms in total. The highest BCUT2D eigenvalue weighted by molar-refractivity contribution is 7.09. The number of benzene rings is 1. The molecule has 4 rings (SSSR count). The summed E-state index contributed by atoms with van der Waals surface area (Å²) in [5.74, 6) is 1.86. The van der Waals surface area contributed by atoms with Gasteiger partial charge in [-0.2, -0.15) is 0 Å². The van der Waals surface area contributed by atoms with Gasteiger partial charge in [0.1, 0.15) is 12.3 Å². The third kappa shape index (κ3) is 3.86. The van der Waals surface area contributed by atoms with Crippen LogP contribution in [0.5, 0.6) is 5.75 Å². The molecule has 1 N–H and O–H groups in total. The summed E-state index contributed by atoms with van der Waals surface area (Å²) in [5.41, 5.74) is 1.26. The fourth-order valence-electron chi connectivity index (χ4n) is 3.30. The molecule has 26 heavy (non-hydrogen) atoms. The summed E-state index contributed by atoms with van der Waals surface area (Å²) in [6.45, 7) is 5.86. The third-order valence-electron chi connectivity index (χ3n) is 4.81. The maximum absolute atomic E-state index is 5.24. The highest BCUT2D eigenvalue weighted by Gasteiger charge is 2.22. The largest absolute Gasteiger partial charge is 0.497 e. The number of nitrogens with one attached hydrogen (secondary N) is 1. The van der Waals surface area contributed by atoms with Gasteiger partial charge in [-0.15, -0.1) is 16.4 Å². The summed E-state index contributed by atoms with van der Waals surface area (Å²) in [7, 11) is 1.70. The average molecular weight is 371 g/mol. The van der Waals surface area contributed by atoms with Crippen LogP contribution in [-0.4, -0.2) is 53.5 Å². The van der Waals surface area contributed by atoms with Crippen LogP contribution in [0.2, 0.25) is 0 Å². The van der Waals surface area contributed by atoms with Crippen LogP contribution < -0.4 is 14.5 Å². The van der Waals surface area contributed by atoms with Gasteiger partial charge in [-0.1, -0.05) is 6.07 Å². The molecule has 1 saturated heterocycles. The minimum atomic E-state index is 0.755. The number of hydrogen-bond donors (Lipinski definition) is 1. The summed E-state index contributed by atoms with van der Waals surface area (Å²) < 4.78 is 7.16. The number of aromatic nitrogens is 4. The molecular weight excluding hydrogens is 348 g/mol. The van der Waals surface area contributed by atoms with Crippen molar-refractivity contribution in [3.8, 4) is 5.75 Å². The molecule has 1 aliphatic rings. The molecule has 0 atom stereocenters. The van der Waals surface area contributed by atoms with Crippen molar-refractivity contribution in [2.45, 2.75) is 13.1 Å². The topological polar surface area (TPSA) is 60.5 Å². The minimum absolute atomic E-state index is 0.755. The second kappa shape index (κ2) is 7.84. The first kappa shape index (κ1) is 17.0. The zero-order valence-corrected chi connectivity index (χ0v) is 15.7. The van der Waals surface area contributed by atoms with Gasteiger partial charge >= 0.3 is 0 Å². The molecule has 1 fully saturated rings. The minimum Gasteiger partial charge on any atom is -0.497 e. The number of nitrogens with zero attached hydrogens (tertiary/aromatic N) is 5. The number of ether oxygens (including phenoxy) is 1. The number of piperazine rings is 1. The summed E-state index contributed by atoms with van der Waals surface area (Å²) in [4.78, 5) is 5.23. The molecule has 0 saturated carbocycles. The van der Waals surface area contributed by atoms with E-state index in [-0.39, 0.29) is 0 Å². The standard InChI is InChI=1S/C18H22N6OS/c1-25-16-6-4-15(5-7-16)23-10-8-22(9-11-23)14-18-19-20-21-24(18)13-17-3-2-12-26-17/h2-7,12H,8-11,13-14H2,1H3/p+1. The number of methoxy groups -OCH3 is 1. The average Bonchev–Trinajstić information content (AvgIpc) is 3.35. The number of tetrazole rings is 1. The van der Waals surface area contributed by atoms with Crippen molar-refractivity contribution in [3.63, 3.8) is 0 Å². The van der Waals surface area contributed by atoms with Gasteiger partial charge in [-0.25, -0.2) is 4.68 Å². The quantitative estimate of drug-likeness (QED) is 0.691. The van der Waals surface area contributed by atoms with Gasteiger partial charge < -0.3 is 14.5 Å². The van der Waals surface area contributed by atoms with Crippen molar-refractivity contribution in [2.75, 3.05) is 38.2 Å². The first-order chi connectivity index (χ1) is 12.8. The summed E-state index contributed by atoms with van der Waals surface area (Å²) in [6, 6.07) is 12.5. The van der Waals surface area contributed by atoms with Gasteiger partial charge in [-0.05, 0) is 46.1 Å².